The summed E-state index contributed by atoms with van der Waals surface area (Å²) in [5, 5.41) is 12.6. The van der Waals surface area contributed by atoms with Gasteiger partial charge in [0.05, 0.1) is 0 Å². The number of hydrogen-bond acceptors (Lipinski definition) is 3. The van der Waals surface area contributed by atoms with Crippen molar-refractivity contribution in [2.75, 3.05) is 20.3 Å². The molecule has 0 spiro atoms. The molecule has 100 valence electrons. The summed E-state index contributed by atoms with van der Waals surface area (Å²) in [5.74, 6) is 0. The maximum Gasteiger partial charge on any atom is 0.407 e. The van der Waals surface area contributed by atoms with Gasteiger partial charge < -0.3 is 20.1 Å². The van der Waals surface area contributed by atoms with Gasteiger partial charge in [-0.2, -0.15) is 0 Å². The predicted octanol–water partition coefficient (Wildman–Crippen LogP) is 1.53. The summed E-state index contributed by atoms with van der Waals surface area (Å²) >= 11 is 0. The van der Waals surface area contributed by atoms with Crippen LogP contribution in [-0.4, -0.2) is 54.5 Å². The Morgan fingerprint density at radius 3 is 2.76 bits per heavy atom. The largest absolute Gasteiger partial charge is 0.465 e. The molecule has 1 aliphatic heterocycles. The fourth-order valence-electron chi connectivity index (χ4n) is 2.42. The highest BCUT2D eigenvalue weighted by Crippen LogP contribution is 2.20. The summed E-state index contributed by atoms with van der Waals surface area (Å²) in [6.07, 6.45) is 1.93. The van der Waals surface area contributed by atoms with Crippen molar-refractivity contribution in [2.24, 2.45) is 0 Å². The van der Waals surface area contributed by atoms with E-state index < -0.39 is 6.09 Å². The van der Waals surface area contributed by atoms with Gasteiger partial charge in [0, 0.05) is 38.4 Å². The van der Waals surface area contributed by atoms with E-state index in [4.69, 9.17) is 4.74 Å². The van der Waals surface area contributed by atoms with E-state index in [1.807, 2.05) is 0 Å². The molecule has 1 rings (SSSR count). The minimum Gasteiger partial charge on any atom is -0.465 e. The molecule has 1 saturated heterocycles. The van der Waals surface area contributed by atoms with Crippen LogP contribution in [0.15, 0.2) is 0 Å². The molecule has 1 aliphatic rings. The van der Waals surface area contributed by atoms with E-state index in [0.717, 1.165) is 19.3 Å². The minimum absolute atomic E-state index is 0.109. The number of carboxylic acid groups (broad SMARTS) is 1. The zero-order chi connectivity index (χ0) is 12.8. The van der Waals surface area contributed by atoms with Gasteiger partial charge in [-0.05, 0) is 19.3 Å². The number of nitrogens with zero attached hydrogens (tertiary/aromatic N) is 1. The third-order valence-corrected chi connectivity index (χ3v) is 3.18. The van der Waals surface area contributed by atoms with Crippen LogP contribution in [0, 0.1) is 0 Å². The zero-order valence-electron chi connectivity index (χ0n) is 11.0. The van der Waals surface area contributed by atoms with E-state index in [1.54, 1.807) is 12.0 Å². The lowest BCUT2D eigenvalue weighted by molar-refractivity contribution is 0.0753. The molecule has 0 aromatic carbocycles. The molecule has 0 aliphatic carbocycles. The quantitative estimate of drug-likeness (QED) is 0.770. The fourth-order valence-corrected chi connectivity index (χ4v) is 2.42. The molecule has 5 heteroatoms. The maximum atomic E-state index is 11.2. The van der Waals surface area contributed by atoms with Crippen molar-refractivity contribution in [1.82, 2.24) is 10.2 Å². The van der Waals surface area contributed by atoms with Crippen molar-refractivity contribution in [3.8, 4) is 0 Å². The average Bonchev–Trinajstić information content (AvgIpc) is 2.26. The number of likely N-dealkylation sites (tertiary alicyclic amines) is 1. The summed E-state index contributed by atoms with van der Waals surface area (Å²) < 4.78 is 5.03. The Morgan fingerprint density at radius 2 is 2.24 bits per heavy atom. The van der Waals surface area contributed by atoms with E-state index in [0.29, 0.717) is 19.2 Å². The number of rotatable bonds is 5. The Morgan fingerprint density at radius 1 is 1.53 bits per heavy atom. The highest BCUT2D eigenvalue weighted by atomic mass is 16.5. The topological polar surface area (TPSA) is 61.8 Å². The Balaban J connectivity index is 2.51. The second kappa shape index (κ2) is 6.81. The molecular formula is C12H24N2O3. The number of amides is 1. The number of ether oxygens (including phenoxy) is 1. The van der Waals surface area contributed by atoms with E-state index >= 15 is 0 Å². The van der Waals surface area contributed by atoms with Gasteiger partial charge in [-0.15, -0.1) is 0 Å². The molecule has 0 aromatic rings. The third kappa shape index (κ3) is 4.52. The SMILES string of the molecule is COCC[C@@H]1CC[C@@H](NC(C)C)CN1C(=O)O. The van der Waals surface area contributed by atoms with Gasteiger partial charge in [0.1, 0.15) is 0 Å². The molecule has 0 unspecified atom stereocenters. The zero-order valence-corrected chi connectivity index (χ0v) is 11.0. The van der Waals surface area contributed by atoms with Crippen molar-refractivity contribution >= 4 is 6.09 Å². The van der Waals surface area contributed by atoms with Crippen molar-refractivity contribution in [3.63, 3.8) is 0 Å². The standard InChI is InChI=1S/C12H24N2O3/c1-9(2)13-10-4-5-11(6-7-17-3)14(8-10)12(15)16/h9-11,13H,4-8H2,1-3H3,(H,15,16)/t10-,11+/m1/s1. The van der Waals surface area contributed by atoms with Gasteiger partial charge in [0.25, 0.3) is 0 Å². The van der Waals surface area contributed by atoms with Crippen molar-refractivity contribution < 1.29 is 14.6 Å². The van der Waals surface area contributed by atoms with Crippen LogP contribution in [0.1, 0.15) is 33.1 Å². The molecule has 2 atom stereocenters. The van der Waals surface area contributed by atoms with E-state index in [9.17, 15) is 9.90 Å². The number of nitrogens with one attached hydrogen (secondary N) is 1. The first-order valence-corrected chi connectivity index (χ1v) is 6.29. The van der Waals surface area contributed by atoms with Crippen molar-refractivity contribution in [2.45, 2.75) is 51.2 Å². The molecule has 5 nitrogen and oxygen atoms in total. The Kier molecular flexibility index (Phi) is 5.71. The Labute approximate surface area is 103 Å². The summed E-state index contributed by atoms with van der Waals surface area (Å²) in [6.45, 7) is 5.38. The van der Waals surface area contributed by atoms with Crippen LogP contribution >= 0.6 is 0 Å². The first-order chi connectivity index (χ1) is 8.04. The van der Waals surface area contributed by atoms with Crippen LogP contribution in [0.4, 0.5) is 4.79 Å². The first kappa shape index (κ1) is 14.3. The van der Waals surface area contributed by atoms with E-state index in [-0.39, 0.29) is 12.1 Å². The third-order valence-electron chi connectivity index (χ3n) is 3.18. The van der Waals surface area contributed by atoms with Gasteiger partial charge >= 0.3 is 6.09 Å². The van der Waals surface area contributed by atoms with Gasteiger partial charge in [-0.1, -0.05) is 13.8 Å². The maximum absolute atomic E-state index is 11.2. The van der Waals surface area contributed by atoms with Gasteiger partial charge in [0.15, 0.2) is 0 Å². The smallest absolute Gasteiger partial charge is 0.407 e. The fraction of sp³-hybridized carbons (Fsp3) is 0.917. The molecule has 0 aromatic heterocycles. The molecule has 0 bridgehead atoms. The highest BCUT2D eigenvalue weighted by molar-refractivity contribution is 5.65. The predicted molar refractivity (Wildman–Crippen MR) is 66.3 cm³/mol. The summed E-state index contributed by atoms with van der Waals surface area (Å²) in [7, 11) is 1.65. The van der Waals surface area contributed by atoms with Crippen LogP contribution < -0.4 is 5.32 Å². The number of carbonyl (C=O) groups is 1. The van der Waals surface area contributed by atoms with Crippen LogP contribution in [0.2, 0.25) is 0 Å². The molecule has 1 heterocycles. The second-order valence-electron chi connectivity index (χ2n) is 4.97. The molecule has 17 heavy (non-hydrogen) atoms. The normalized spacial score (nSPS) is 25.3. The van der Waals surface area contributed by atoms with Crippen molar-refractivity contribution in [1.29, 1.82) is 0 Å². The van der Waals surface area contributed by atoms with Crippen LogP contribution in [0.3, 0.4) is 0 Å². The summed E-state index contributed by atoms with van der Waals surface area (Å²) in [5.41, 5.74) is 0. The molecule has 0 radical (unpaired) electrons. The molecule has 2 N–H and O–H groups in total. The summed E-state index contributed by atoms with van der Waals surface area (Å²) in [6, 6.07) is 0.786. The lowest BCUT2D eigenvalue weighted by Gasteiger charge is -2.39. The number of piperidine rings is 1. The van der Waals surface area contributed by atoms with Gasteiger partial charge in [0.2, 0.25) is 0 Å². The molecule has 1 fully saturated rings. The van der Waals surface area contributed by atoms with E-state index in [1.165, 1.54) is 0 Å². The van der Waals surface area contributed by atoms with Gasteiger partial charge in [-0.25, -0.2) is 4.79 Å². The first-order valence-electron chi connectivity index (χ1n) is 6.29. The average molecular weight is 244 g/mol. The van der Waals surface area contributed by atoms with Crippen molar-refractivity contribution in [3.05, 3.63) is 0 Å². The number of methoxy groups -OCH3 is 1. The lowest BCUT2D eigenvalue weighted by Crippen LogP contribution is -2.53. The Hall–Kier alpha value is -0.810. The molecular weight excluding hydrogens is 220 g/mol. The monoisotopic (exact) mass is 244 g/mol. The molecule has 0 saturated carbocycles. The minimum atomic E-state index is -0.818. The lowest BCUT2D eigenvalue weighted by atomic mass is 9.96. The number of hydrogen-bond donors (Lipinski definition) is 2. The van der Waals surface area contributed by atoms with Crippen LogP contribution in [0.25, 0.3) is 0 Å². The summed E-state index contributed by atoms with van der Waals surface area (Å²) in [4.78, 5) is 12.8. The van der Waals surface area contributed by atoms with E-state index in [2.05, 4.69) is 19.2 Å². The van der Waals surface area contributed by atoms with Gasteiger partial charge in [-0.3, -0.25) is 0 Å². The highest BCUT2D eigenvalue weighted by Gasteiger charge is 2.31. The Bertz CT molecular complexity index is 246. The molecule has 1 amide bonds. The second-order valence-corrected chi connectivity index (χ2v) is 4.97. The van der Waals surface area contributed by atoms with Crippen LogP contribution in [-0.2, 0) is 4.74 Å². The van der Waals surface area contributed by atoms with Crippen LogP contribution in [0.5, 0.6) is 0 Å².